The van der Waals surface area contributed by atoms with Gasteiger partial charge in [0, 0.05) is 18.5 Å². The quantitative estimate of drug-likeness (QED) is 0.784. The van der Waals surface area contributed by atoms with Gasteiger partial charge in [0.1, 0.15) is 5.69 Å². The van der Waals surface area contributed by atoms with Gasteiger partial charge in [-0.1, -0.05) is 26.8 Å². The average Bonchev–Trinajstić information content (AvgIpc) is 2.37. The van der Waals surface area contributed by atoms with E-state index in [1.54, 1.807) is 12.3 Å². The van der Waals surface area contributed by atoms with Crippen molar-refractivity contribution in [2.75, 3.05) is 18.1 Å². The Morgan fingerprint density at radius 1 is 1.35 bits per heavy atom. The number of pyridine rings is 1. The summed E-state index contributed by atoms with van der Waals surface area (Å²) in [7, 11) is 0. The highest BCUT2D eigenvalue weighted by atomic mass is 32.2. The number of hydrogen-bond acceptors (Lipinski definition) is 4. The number of carbonyl (C=O) groups is 2. The Hall–Kier alpha value is -1.56. The number of aromatic nitrogens is 1. The molecule has 1 aromatic rings. The molecule has 110 valence electrons. The SMILES string of the molecule is CC(C)(C)c1ccc(C(=O)NCCSCC(=O)O)nc1. The fourth-order valence-corrected chi connectivity index (χ4v) is 2.02. The number of carbonyl (C=O) groups excluding carboxylic acids is 1. The molecule has 0 aliphatic rings. The van der Waals surface area contributed by atoms with E-state index >= 15 is 0 Å². The third-order valence-electron chi connectivity index (χ3n) is 2.62. The summed E-state index contributed by atoms with van der Waals surface area (Å²) in [4.78, 5) is 26.3. The van der Waals surface area contributed by atoms with E-state index < -0.39 is 5.97 Å². The van der Waals surface area contributed by atoms with Crippen LogP contribution in [-0.2, 0) is 10.2 Å². The fraction of sp³-hybridized carbons (Fsp3) is 0.500. The Balaban J connectivity index is 2.42. The molecule has 1 aromatic heterocycles. The highest BCUT2D eigenvalue weighted by Crippen LogP contribution is 2.20. The van der Waals surface area contributed by atoms with E-state index in [1.165, 1.54) is 11.8 Å². The Labute approximate surface area is 123 Å². The first kappa shape index (κ1) is 16.5. The van der Waals surface area contributed by atoms with E-state index in [1.807, 2.05) is 6.07 Å². The molecule has 0 aliphatic carbocycles. The van der Waals surface area contributed by atoms with E-state index in [-0.39, 0.29) is 17.1 Å². The van der Waals surface area contributed by atoms with Gasteiger partial charge in [0.05, 0.1) is 5.75 Å². The molecule has 0 saturated heterocycles. The van der Waals surface area contributed by atoms with Gasteiger partial charge in [-0.3, -0.25) is 14.6 Å². The maximum absolute atomic E-state index is 11.8. The van der Waals surface area contributed by atoms with Crippen LogP contribution in [0.5, 0.6) is 0 Å². The number of rotatable bonds is 6. The van der Waals surface area contributed by atoms with Crippen molar-refractivity contribution in [2.24, 2.45) is 0 Å². The van der Waals surface area contributed by atoms with E-state index in [0.717, 1.165) is 5.56 Å². The predicted octanol–water partition coefficient (Wildman–Crippen LogP) is 1.93. The van der Waals surface area contributed by atoms with Crippen LogP contribution in [0.4, 0.5) is 0 Å². The van der Waals surface area contributed by atoms with Crippen LogP contribution in [0.2, 0.25) is 0 Å². The number of aliphatic carboxylic acids is 1. The molecule has 1 rings (SSSR count). The Morgan fingerprint density at radius 3 is 2.55 bits per heavy atom. The van der Waals surface area contributed by atoms with Gasteiger partial charge in [0.25, 0.3) is 5.91 Å². The predicted molar refractivity (Wildman–Crippen MR) is 80.2 cm³/mol. The van der Waals surface area contributed by atoms with Gasteiger partial charge in [0.15, 0.2) is 0 Å². The standard InChI is InChI=1S/C14H20N2O3S/c1-14(2,3)10-4-5-11(16-8-10)13(19)15-6-7-20-9-12(17)18/h4-5,8H,6-7,9H2,1-3H3,(H,15,19)(H,17,18). The number of hydrogen-bond donors (Lipinski definition) is 2. The molecule has 0 bridgehead atoms. The summed E-state index contributed by atoms with van der Waals surface area (Å²) in [5.41, 5.74) is 1.46. The van der Waals surface area contributed by atoms with Gasteiger partial charge in [-0.15, -0.1) is 11.8 Å². The molecule has 0 spiro atoms. The van der Waals surface area contributed by atoms with Crippen LogP contribution in [0.1, 0.15) is 36.8 Å². The topological polar surface area (TPSA) is 79.3 Å². The molecule has 0 fully saturated rings. The summed E-state index contributed by atoms with van der Waals surface area (Å²) < 4.78 is 0. The average molecular weight is 296 g/mol. The van der Waals surface area contributed by atoms with Crippen molar-refractivity contribution in [3.05, 3.63) is 29.6 Å². The maximum Gasteiger partial charge on any atom is 0.313 e. The Morgan fingerprint density at radius 2 is 2.05 bits per heavy atom. The van der Waals surface area contributed by atoms with Gasteiger partial charge in [0.2, 0.25) is 0 Å². The number of nitrogens with one attached hydrogen (secondary N) is 1. The van der Waals surface area contributed by atoms with Crippen molar-refractivity contribution in [1.82, 2.24) is 10.3 Å². The zero-order valence-corrected chi connectivity index (χ0v) is 12.8. The Bertz CT molecular complexity index is 466. The van der Waals surface area contributed by atoms with Crippen LogP contribution in [0.15, 0.2) is 18.3 Å². The molecule has 6 heteroatoms. The second-order valence-electron chi connectivity index (χ2n) is 5.38. The second-order valence-corrected chi connectivity index (χ2v) is 6.49. The van der Waals surface area contributed by atoms with Crippen LogP contribution in [0.25, 0.3) is 0 Å². The highest BCUT2D eigenvalue weighted by molar-refractivity contribution is 7.99. The zero-order valence-electron chi connectivity index (χ0n) is 12.0. The molecule has 1 heterocycles. The van der Waals surface area contributed by atoms with Crippen molar-refractivity contribution in [3.63, 3.8) is 0 Å². The zero-order chi connectivity index (χ0) is 15.2. The minimum Gasteiger partial charge on any atom is -0.481 e. The third kappa shape index (κ3) is 5.61. The third-order valence-corrected chi connectivity index (χ3v) is 3.56. The minimum absolute atomic E-state index is 0.00940. The fourth-order valence-electron chi connectivity index (χ4n) is 1.46. The number of carboxylic acids is 1. The highest BCUT2D eigenvalue weighted by Gasteiger charge is 2.15. The molecule has 0 radical (unpaired) electrons. The molecule has 20 heavy (non-hydrogen) atoms. The van der Waals surface area contributed by atoms with Crippen LogP contribution >= 0.6 is 11.8 Å². The number of amides is 1. The van der Waals surface area contributed by atoms with Crippen molar-refractivity contribution in [2.45, 2.75) is 26.2 Å². The van der Waals surface area contributed by atoms with Gasteiger partial charge in [-0.25, -0.2) is 0 Å². The summed E-state index contributed by atoms with van der Waals surface area (Å²) in [5.74, 6) is -0.464. The first-order valence-electron chi connectivity index (χ1n) is 6.35. The van der Waals surface area contributed by atoms with Crippen molar-refractivity contribution in [3.8, 4) is 0 Å². The summed E-state index contributed by atoms with van der Waals surface area (Å²) in [6.45, 7) is 6.69. The van der Waals surface area contributed by atoms with E-state index in [4.69, 9.17) is 5.11 Å². The van der Waals surface area contributed by atoms with Crippen molar-refractivity contribution in [1.29, 1.82) is 0 Å². The molecule has 5 nitrogen and oxygen atoms in total. The number of thioether (sulfide) groups is 1. The summed E-state index contributed by atoms with van der Waals surface area (Å²) >= 11 is 1.27. The smallest absolute Gasteiger partial charge is 0.313 e. The number of carboxylic acid groups (broad SMARTS) is 1. The summed E-state index contributed by atoms with van der Waals surface area (Å²) in [5, 5.41) is 11.2. The number of nitrogens with zero attached hydrogens (tertiary/aromatic N) is 1. The van der Waals surface area contributed by atoms with E-state index in [2.05, 4.69) is 31.1 Å². The van der Waals surface area contributed by atoms with E-state index in [0.29, 0.717) is 18.0 Å². The van der Waals surface area contributed by atoms with Gasteiger partial charge >= 0.3 is 5.97 Å². The van der Waals surface area contributed by atoms with Crippen LogP contribution < -0.4 is 5.32 Å². The summed E-state index contributed by atoms with van der Waals surface area (Å²) in [6.07, 6.45) is 1.72. The Kier molecular flexibility index (Phi) is 6.01. The molecule has 2 N–H and O–H groups in total. The lowest BCUT2D eigenvalue weighted by molar-refractivity contribution is -0.133. The van der Waals surface area contributed by atoms with Gasteiger partial charge < -0.3 is 10.4 Å². The molecule has 0 aromatic carbocycles. The van der Waals surface area contributed by atoms with E-state index in [9.17, 15) is 9.59 Å². The first-order chi connectivity index (χ1) is 9.30. The molecular weight excluding hydrogens is 276 g/mol. The molecule has 0 saturated carbocycles. The molecule has 0 unspecified atom stereocenters. The maximum atomic E-state index is 11.8. The lowest BCUT2D eigenvalue weighted by atomic mass is 9.88. The molecule has 1 amide bonds. The normalized spacial score (nSPS) is 11.2. The van der Waals surface area contributed by atoms with Gasteiger partial charge in [-0.2, -0.15) is 0 Å². The molecular formula is C14H20N2O3S. The van der Waals surface area contributed by atoms with Crippen LogP contribution in [0.3, 0.4) is 0 Å². The minimum atomic E-state index is -0.847. The molecule has 0 atom stereocenters. The largest absolute Gasteiger partial charge is 0.481 e. The van der Waals surface area contributed by atoms with Crippen molar-refractivity contribution < 1.29 is 14.7 Å². The second kappa shape index (κ2) is 7.28. The lowest BCUT2D eigenvalue weighted by Crippen LogP contribution is -2.27. The van der Waals surface area contributed by atoms with Crippen molar-refractivity contribution >= 4 is 23.6 Å². The summed E-state index contributed by atoms with van der Waals surface area (Å²) in [6, 6.07) is 3.61. The lowest BCUT2D eigenvalue weighted by Gasteiger charge is -2.18. The van der Waals surface area contributed by atoms with Crippen LogP contribution in [-0.4, -0.2) is 40.0 Å². The van der Waals surface area contributed by atoms with Gasteiger partial charge in [-0.05, 0) is 17.0 Å². The van der Waals surface area contributed by atoms with Crippen LogP contribution in [0, 0.1) is 0 Å². The first-order valence-corrected chi connectivity index (χ1v) is 7.50. The monoisotopic (exact) mass is 296 g/mol. The molecule has 0 aliphatic heterocycles.